The molecule has 0 aromatic heterocycles. The number of carbonyl (C=O) groups is 1. The molecule has 1 atom stereocenters. The van der Waals surface area contributed by atoms with Crippen LogP contribution in [0.1, 0.15) is 18.0 Å². The van der Waals surface area contributed by atoms with Crippen LogP contribution in [0.5, 0.6) is 11.5 Å². The molecule has 0 spiro atoms. The summed E-state index contributed by atoms with van der Waals surface area (Å²) in [5, 5.41) is 2.77. The molecule has 0 unspecified atom stereocenters. The quantitative estimate of drug-likeness (QED) is 0.908. The number of carbonyl (C=O) groups excluding carboxylic acids is 1. The second-order valence-corrected chi connectivity index (χ2v) is 4.70. The van der Waals surface area contributed by atoms with E-state index < -0.39 is 6.09 Å². The topological polar surface area (TPSA) is 56.8 Å². The highest BCUT2D eigenvalue weighted by Gasteiger charge is 2.24. The van der Waals surface area contributed by atoms with Crippen molar-refractivity contribution in [3.05, 3.63) is 22.2 Å². The number of rotatable bonds is 3. The van der Waals surface area contributed by atoms with Crippen molar-refractivity contribution in [3.8, 4) is 11.5 Å². The van der Waals surface area contributed by atoms with Crippen LogP contribution in [-0.4, -0.2) is 26.9 Å². The van der Waals surface area contributed by atoms with E-state index in [-0.39, 0.29) is 18.4 Å². The second kappa shape index (κ2) is 6.86. The fourth-order valence-corrected chi connectivity index (χ4v) is 2.49. The maximum absolute atomic E-state index is 11.2. The molecular formula is C12H15BrClNO4. The minimum Gasteiger partial charge on any atom is -0.493 e. The van der Waals surface area contributed by atoms with Crippen molar-refractivity contribution < 1.29 is 19.0 Å². The molecule has 1 aromatic carbocycles. The predicted molar refractivity (Wildman–Crippen MR) is 76.3 cm³/mol. The number of hydrogen-bond donors (Lipinski definition) is 1. The average molecular weight is 353 g/mol. The molecule has 1 heterocycles. The van der Waals surface area contributed by atoms with Gasteiger partial charge in [-0.25, -0.2) is 4.79 Å². The van der Waals surface area contributed by atoms with Crippen molar-refractivity contribution in [2.45, 2.75) is 12.5 Å². The lowest BCUT2D eigenvalue weighted by Crippen LogP contribution is -2.35. The van der Waals surface area contributed by atoms with Crippen molar-refractivity contribution in [3.63, 3.8) is 0 Å². The number of ether oxygens (including phenoxy) is 3. The standard InChI is InChI=1S/C12H14BrNO4.ClH/c1-16-10-5-7(8(13)6-11(10)17-2)9-3-4-18-12(15)14-9;/h5-6,9H,3-4H2,1-2H3,(H,14,15);1H/t9-;/m1./s1. The highest BCUT2D eigenvalue weighted by Crippen LogP contribution is 2.37. The maximum atomic E-state index is 11.2. The monoisotopic (exact) mass is 351 g/mol. The van der Waals surface area contributed by atoms with Gasteiger partial charge in [0.2, 0.25) is 0 Å². The van der Waals surface area contributed by atoms with Gasteiger partial charge < -0.3 is 19.5 Å². The van der Waals surface area contributed by atoms with Gasteiger partial charge in [-0.15, -0.1) is 12.4 Å². The summed E-state index contributed by atoms with van der Waals surface area (Å²) in [5.41, 5.74) is 0.948. The minimum atomic E-state index is -0.395. The van der Waals surface area contributed by atoms with Gasteiger partial charge in [0, 0.05) is 10.9 Å². The predicted octanol–water partition coefficient (Wildman–Crippen LogP) is 3.06. The van der Waals surface area contributed by atoms with Gasteiger partial charge in [0.25, 0.3) is 0 Å². The van der Waals surface area contributed by atoms with Crippen LogP contribution >= 0.6 is 28.3 Å². The van der Waals surface area contributed by atoms with Crippen LogP contribution in [0.2, 0.25) is 0 Å². The van der Waals surface area contributed by atoms with E-state index in [0.29, 0.717) is 18.1 Å². The lowest BCUT2D eigenvalue weighted by molar-refractivity contribution is 0.115. The van der Waals surface area contributed by atoms with Gasteiger partial charge in [0.15, 0.2) is 11.5 Å². The Hall–Kier alpha value is -1.14. The number of nitrogens with one attached hydrogen (secondary N) is 1. The number of benzene rings is 1. The number of alkyl carbamates (subject to hydrolysis) is 1. The lowest BCUT2D eigenvalue weighted by atomic mass is 10.0. The summed E-state index contributed by atoms with van der Waals surface area (Å²) in [4.78, 5) is 11.2. The molecular weight excluding hydrogens is 337 g/mol. The molecule has 0 aliphatic carbocycles. The van der Waals surface area contributed by atoms with Crippen LogP contribution in [-0.2, 0) is 4.74 Å². The molecule has 1 fully saturated rings. The van der Waals surface area contributed by atoms with Gasteiger partial charge in [-0.3, -0.25) is 0 Å². The fraction of sp³-hybridized carbons (Fsp3) is 0.417. The highest BCUT2D eigenvalue weighted by molar-refractivity contribution is 9.10. The largest absolute Gasteiger partial charge is 0.493 e. The van der Waals surface area contributed by atoms with E-state index in [1.807, 2.05) is 12.1 Å². The first kappa shape index (κ1) is 15.9. The molecule has 0 radical (unpaired) electrons. The first-order valence-electron chi connectivity index (χ1n) is 5.50. The van der Waals surface area contributed by atoms with Gasteiger partial charge in [-0.05, 0) is 17.7 Å². The van der Waals surface area contributed by atoms with E-state index in [0.717, 1.165) is 16.5 Å². The highest BCUT2D eigenvalue weighted by atomic mass is 79.9. The third-order valence-electron chi connectivity index (χ3n) is 2.81. The summed E-state index contributed by atoms with van der Waals surface area (Å²) in [7, 11) is 3.16. The Bertz CT molecular complexity index is 469. The molecule has 1 saturated heterocycles. The van der Waals surface area contributed by atoms with E-state index in [1.165, 1.54) is 0 Å². The van der Waals surface area contributed by atoms with E-state index in [1.54, 1.807) is 14.2 Å². The molecule has 106 valence electrons. The zero-order chi connectivity index (χ0) is 13.1. The third-order valence-corrected chi connectivity index (χ3v) is 3.50. The van der Waals surface area contributed by atoms with Crippen LogP contribution in [0.4, 0.5) is 4.79 Å². The molecule has 1 aliphatic rings. The number of halogens is 2. The Balaban J connectivity index is 0.00000180. The van der Waals surface area contributed by atoms with E-state index in [2.05, 4.69) is 21.2 Å². The third kappa shape index (κ3) is 3.45. The van der Waals surface area contributed by atoms with Crippen molar-refractivity contribution in [2.75, 3.05) is 20.8 Å². The smallest absolute Gasteiger partial charge is 0.407 e. The molecule has 2 rings (SSSR count). The summed E-state index contributed by atoms with van der Waals surface area (Å²) >= 11 is 3.48. The van der Waals surface area contributed by atoms with Gasteiger partial charge in [0.05, 0.1) is 26.9 Å². The van der Waals surface area contributed by atoms with Crippen molar-refractivity contribution in [2.24, 2.45) is 0 Å². The Morgan fingerprint density at radius 2 is 1.95 bits per heavy atom. The van der Waals surface area contributed by atoms with E-state index >= 15 is 0 Å². The van der Waals surface area contributed by atoms with Crippen molar-refractivity contribution >= 4 is 34.4 Å². The number of hydrogen-bond acceptors (Lipinski definition) is 4. The van der Waals surface area contributed by atoms with Gasteiger partial charge in [0.1, 0.15) is 0 Å². The Morgan fingerprint density at radius 1 is 1.32 bits per heavy atom. The molecule has 1 aromatic rings. The molecule has 0 bridgehead atoms. The Kier molecular flexibility index (Phi) is 5.75. The molecule has 1 amide bonds. The van der Waals surface area contributed by atoms with Crippen molar-refractivity contribution in [1.82, 2.24) is 5.32 Å². The van der Waals surface area contributed by atoms with Crippen LogP contribution in [0, 0.1) is 0 Å². The summed E-state index contributed by atoms with van der Waals surface area (Å²) in [6, 6.07) is 3.61. The molecule has 5 nitrogen and oxygen atoms in total. The van der Waals surface area contributed by atoms with Crippen molar-refractivity contribution in [1.29, 1.82) is 0 Å². The van der Waals surface area contributed by atoms with Crippen LogP contribution in [0.25, 0.3) is 0 Å². The average Bonchev–Trinajstić information content (AvgIpc) is 2.38. The zero-order valence-electron chi connectivity index (χ0n) is 10.6. The first-order valence-corrected chi connectivity index (χ1v) is 6.29. The van der Waals surface area contributed by atoms with Crippen LogP contribution < -0.4 is 14.8 Å². The minimum absolute atomic E-state index is 0. The summed E-state index contributed by atoms with van der Waals surface area (Å²) in [6.45, 7) is 0.414. The Labute approximate surface area is 126 Å². The SMILES string of the molecule is COc1cc(Br)c([C@H]2CCOC(=O)N2)cc1OC.Cl. The van der Waals surface area contributed by atoms with Crippen LogP contribution in [0.15, 0.2) is 16.6 Å². The molecule has 1 N–H and O–H groups in total. The van der Waals surface area contributed by atoms with E-state index in [4.69, 9.17) is 14.2 Å². The van der Waals surface area contributed by atoms with Crippen LogP contribution in [0.3, 0.4) is 0 Å². The number of cyclic esters (lactones) is 1. The fourth-order valence-electron chi connectivity index (χ4n) is 1.90. The Morgan fingerprint density at radius 3 is 2.53 bits per heavy atom. The molecule has 0 saturated carbocycles. The number of amides is 1. The van der Waals surface area contributed by atoms with E-state index in [9.17, 15) is 4.79 Å². The molecule has 19 heavy (non-hydrogen) atoms. The molecule has 1 aliphatic heterocycles. The second-order valence-electron chi connectivity index (χ2n) is 3.85. The summed E-state index contributed by atoms with van der Waals surface area (Å²) in [6.07, 6.45) is 0.327. The van der Waals surface area contributed by atoms with Gasteiger partial charge >= 0.3 is 6.09 Å². The van der Waals surface area contributed by atoms with Gasteiger partial charge in [-0.2, -0.15) is 0 Å². The zero-order valence-corrected chi connectivity index (χ0v) is 13.0. The molecule has 7 heteroatoms. The maximum Gasteiger partial charge on any atom is 0.407 e. The lowest BCUT2D eigenvalue weighted by Gasteiger charge is -2.25. The van der Waals surface area contributed by atoms with Gasteiger partial charge in [-0.1, -0.05) is 15.9 Å². The summed E-state index contributed by atoms with van der Waals surface area (Å²) in [5.74, 6) is 1.28. The summed E-state index contributed by atoms with van der Waals surface area (Å²) < 4.78 is 16.2. The first-order chi connectivity index (χ1) is 8.65. The number of methoxy groups -OCH3 is 2. The normalized spacial score (nSPS) is 17.8.